The van der Waals surface area contributed by atoms with Crippen molar-refractivity contribution in [2.75, 3.05) is 12.3 Å². The lowest BCUT2D eigenvalue weighted by atomic mass is 10.2. The van der Waals surface area contributed by atoms with Gasteiger partial charge in [0.2, 0.25) is 0 Å². The average Bonchev–Trinajstić information content (AvgIpc) is 2.27. The van der Waals surface area contributed by atoms with Crippen LogP contribution in [0.3, 0.4) is 0 Å². The molecule has 0 fully saturated rings. The summed E-state index contributed by atoms with van der Waals surface area (Å²) in [6.45, 7) is 1.35. The monoisotopic (exact) mass is 279 g/mol. The van der Waals surface area contributed by atoms with Crippen LogP contribution >= 0.6 is 0 Å². The van der Waals surface area contributed by atoms with E-state index in [0.29, 0.717) is 0 Å². The molecule has 106 valence electrons. The molecule has 0 aliphatic carbocycles. The van der Waals surface area contributed by atoms with E-state index in [1.807, 2.05) is 0 Å². The van der Waals surface area contributed by atoms with Crippen molar-refractivity contribution in [3.05, 3.63) is 17.5 Å². The third-order valence-corrected chi connectivity index (χ3v) is 1.99. The number of halogens is 3. The molecule has 4 N–H and O–H groups in total. The van der Waals surface area contributed by atoms with Crippen LogP contribution in [0.1, 0.15) is 23.1 Å². The molecule has 0 saturated heterocycles. The molecular weight excluding hydrogens is 267 g/mol. The molecule has 0 saturated carbocycles. The van der Waals surface area contributed by atoms with Gasteiger partial charge in [0.25, 0.3) is 0 Å². The first-order chi connectivity index (χ1) is 8.78. The molecule has 0 aliphatic rings. The number of alkyl halides is 3. The zero-order valence-electron chi connectivity index (χ0n) is 9.95. The Hall–Kier alpha value is -2.03. The van der Waals surface area contributed by atoms with E-state index >= 15 is 0 Å². The maximum Gasteiger partial charge on any atom is 0.573 e. The highest BCUT2D eigenvalue weighted by Gasteiger charge is 2.34. The Balaban J connectivity index is 3.26. The van der Waals surface area contributed by atoms with E-state index in [4.69, 9.17) is 11.5 Å². The van der Waals surface area contributed by atoms with E-state index in [9.17, 15) is 18.0 Å². The molecule has 6 nitrogen and oxygen atoms in total. The van der Waals surface area contributed by atoms with E-state index in [1.165, 1.54) is 6.92 Å². The van der Waals surface area contributed by atoms with Crippen molar-refractivity contribution < 1.29 is 27.4 Å². The van der Waals surface area contributed by atoms with Crippen LogP contribution in [0.4, 0.5) is 18.9 Å². The molecule has 1 heterocycles. The second kappa shape index (κ2) is 5.74. The number of carbonyl (C=O) groups excluding carboxylic acids is 1. The summed E-state index contributed by atoms with van der Waals surface area (Å²) < 4.78 is 44.9. The number of hydrogen-bond donors (Lipinski definition) is 2. The minimum atomic E-state index is -4.97. The van der Waals surface area contributed by atoms with Crippen LogP contribution in [0.5, 0.6) is 5.75 Å². The standard InChI is InChI=1S/C10H12F3N3O3/c1-2-18-9(17)8-7(19-10(11,12)13)3-5(15)6(4-14)16-8/h3H,2,4,14-15H2,1H3. The Bertz CT molecular complexity index is 477. The van der Waals surface area contributed by atoms with Crippen molar-refractivity contribution >= 4 is 11.7 Å². The molecule has 19 heavy (non-hydrogen) atoms. The fourth-order valence-electron chi connectivity index (χ4n) is 1.26. The fraction of sp³-hybridized carbons (Fsp3) is 0.400. The Morgan fingerprint density at radius 3 is 2.58 bits per heavy atom. The molecule has 0 bridgehead atoms. The Kier molecular flexibility index (Phi) is 4.54. The second-order valence-electron chi connectivity index (χ2n) is 3.34. The van der Waals surface area contributed by atoms with Crippen molar-refractivity contribution in [2.24, 2.45) is 5.73 Å². The normalized spacial score (nSPS) is 11.2. The highest BCUT2D eigenvalue weighted by molar-refractivity contribution is 5.91. The summed E-state index contributed by atoms with van der Waals surface area (Å²) in [5.41, 5.74) is 10.1. The highest BCUT2D eigenvalue weighted by atomic mass is 19.4. The average molecular weight is 279 g/mol. The number of pyridine rings is 1. The quantitative estimate of drug-likeness (QED) is 0.803. The molecule has 0 atom stereocenters. The smallest absolute Gasteiger partial charge is 0.461 e. The van der Waals surface area contributed by atoms with Crippen LogP contribution in [0, 0.1) is 0 Å². The largest absolute Gasteiger partial charge is 0.573 e. The first-order valence-corrected chi connectivity index (χ1v) is 5.20. The first kappa shape index (κ1) is 15.0. The van der Waals surface area contributed by atoms with Gasteiger partial charge in [0.15, 0.2) is 11.4 Å². The van der Waals surface area contributed by atoms with Gasteiger partial charge in [0.1, 0.15) is 0 Å². The van der Waals surface area contributed by atoms with Gasteiger partial charge in [-0.1, -0.05) is 0 Å². The zero-order chi connectivity index (χ0) is 14.6. The topological polar surface area (TPSA) is 100 Å². The van der Waals surface area contributed by atoms with Crippen molar-refractivity contribution in [2.45, 2.75) is 19.8 Å². The van der Waals surface area contributed by atoms with Crippen LogP contribution in [-0.4, -0.2) is 23.9 Å². The maximum atomic E-state index is 12.2. The lowest BCUT2D eigenvalue weighted by molar-refractivity contribution is -0.274. The summed E-state index contributed by atoms with van der Waals surface area (Å²) in [5, 5.41) is 0. The number of nitrogens with two attached hydrogens (primary N) is 2. The highest BCUT2D eigenvalue weighted by Crippen LogP contribution is 2.29. The zero-order valence-corrected chi connectivity index (χ0v) is 9.95. The number of anilines is 1. The third-order valence-electron chi connectivity index (χ3n) is 1.99. The number of nitrogens with zero attached hydrogens (tertiary/aromatic N) is 1. The molecule has 0 amide bonds. The van der Waals surface area contributed by atoms with Gasteiger partial charge >= 0.3 is 12.3 Å². The molecule has 1 rings (SSSR count). The van der Waals surface area contributed by atoms with E-state index < -0.39 is 23.8 Å². The molecule has 1 aromatic rings. The molecule has 1 aromatic heterocycles. The number of carbonyl (C=O) groups is 1. The van der Waals surface area contributed by atoms with Gasteiger partial charge in [0, 0.05) is 12.6 Å². The molecule has 9 heteroatoms. The summed E-state index contributed by atoms with van der Waals surface area (Å²) >= 11 is 0. The molecule has 0 radical (unpaired) electrons. The van der Waals surface area contributed by atoms with Crippen LogP contribution in [0.2, 0.25) is 0 Å². The van der Waals surface area contributed by atoms with E-state index in [1.54, 1.807) is 0 Å². The minimum Gasteiger partial charge on any atom is -0.461 e. The van der Waals surface area contributed by atoms with Gasteiger partial charge in [-0.3, -0.25) is 0 Å². The predicted molar refractivity (Wildman–Crippen MR) is 59.2 cm³/mol. The second-order valence-corrected chi connectivity index (χ2v) is 3.34. The number of esters is 1. The number of rotatable bonds is 4. The third kappa shape index (κ3) is 3.98. The minimum absolute atomic E-state index is 0.0195. The lowest BCUT2D eigenvalue weighted by Gasteiger charge is -2.14. The number of nitrogen functional groups attached to an aromatic ring is 1. The Morgan fingerprint density at radius 1 is 1.47 bits per heavy atom. The van der Waals surface area contributed by atoms with Crippen molar-refractivity contribution in [1.82, 2.24) is 4.98 Å². The summed E-state index contributed by atoms with van der Waals surface area (Å²) in [5.74, 6) is -1.86. The maximum absolute atomic E-state index is 12.2. The van der Waals surface area contributed by atoms with Crippen molar-refractivity contribution in [3.8, 4) is 5.75 Å². The molecule has 0 unspecified atom stereocenters. The van der Waals surface area contributed by atoms with Gasteiger partial charge in [-0.25, -0.2) is 9.78 Å². The van der Waals surface area contributed by atoms with Gasteiger partial charge in [0.05, 0.1) is 18.0 Å². The van der Waals surface area contributed by atoms with Crippen LogP contribution in [0.25, 0.3) is 0 Å². The van der Waals surface area contributed by atoms with Crippen molar-refractivity contribution in [3.63, 3.8) is 0 Å². The number of ether oxygens (including phenoxy) is 2. The van der Waals surface area contributed by atoms with Crippen molar-refractivity contribution in [1.29, 1.82) is 0 Å². The summed E-state index contributed by atoms with van der Waals surface area (Å²) in [6.07, 6.45) is -4.97. The Morgan fingerprint density at radius 2 is 2.11 bits per heavy atom. The lowest BCUT2D eigenvalue weighted by Crippen LogP contribution is -2.21. The Labute approximate surface area is 106 Å². The van der Waals surface area contributed by atoms with Gasteiger partial charge in [-0.15, -0.1) is 13.2 Å². The van der Waals surface area contributed by atoms with Gasteiger partial charge < -0.3 is 20.9 Å². The molecular formula is C10H12F3N3O3. The fourth-order valence-corrected chi connectivity index (χ4v) is 1.26. The first-order valence-electron chi connectivity index (χ1n) is 5.20. The number of hydrogen-bond acceptors (Lipinski definition) is 6. The van der Waals surface area contributed by atoms with Gasteiger partial charge in [-0.2, -0.15) is 0 Å². The molecule has 0 aliphatic heterocycles. The molecule has 0 spiro atoms. The van der Waals surface area contributed by atoms with Crippen LogP contribution in [-0.2, 0) is 11.3 Å². The summed E-state index contributed by atoms with van der Waals surface area (Å²) in [6, 6.07) is 0.842. The summed E-state index contributed by atoms with van der Waals surface area (Å²) in [7, 11) is 0. The van der Waals surface area contributed by atoms with Crippen LogP contribution < -0.4 is 16.2 Å². The SMILES string of the molecule is CCOC(=O)c1nc(CN)c(N)cc1OC(F)(F)F. The van der Waals surface area contributed by atoms with E-state index in [0.717, 1.165) is 6.07 Å². The van der Waals surface area contributed by atoms with E-state index in [2.05, 4.69) is 14.5 Å². The number of aromatic nitrogens is 1. The molecule has 0 aromatic carbocycles. The van der Waals surface area contributed by atoms with Gasteiger partial charge in [-0.05, 0) is 6.92 Å². The predicted octanol–water partition coefficient (Wildman–Crippen LogP) is 1.20. The van der Waals surface area contributed by atoms with Crippen LogP contribution in [0.15, 0.2) is 6.07 Å². The summed E-state index contributed by atoms with van der Waals surface area (Å²) in [4.78, 5) is 15.2. The van der Waals surface area contributed by atoms with E-state index in [-0.39, 0.29) is 24.5 Å².